The van der Waals surface area contributed by atoms with Gasteiger partial charge in [0.15, 0.2) is 6.61 Å². The fraction of sp³-hybridized carbons (Fsp3) is 0.176. The van der Waals surface area contributed by atoms with Crippen LogP contribution in [0.5, 0.6) is 11.5 Å². The van der Waals surface area contributed by atoms with Crippen LogP contribution in [0.2, 0.25) is 0 Å². The molecule has 24 heavy (non-hydrogen) atoms. The van der Waals surface area contributed by atoms with Gasteiger partial charge in [-0.25, -0.2) is 5.43 Å². The van der Waals surface area contributed by atoms with Crippen molar-refractivity contribution in [1.82, 2.24) is 5.43 Å². The molecule has 2 N–H and O–H groups in total. The quantitative estimate of drug-likeness (QED) is 0.527. The number of phenols is 1. The van der Waals surface area contributed by atoms with Gasteiger partial charge in [0.1, 0.15) is 11.5 Å². The summed E-state index contributed by atoms with van der Waals surface area (Å²) in [6.07, 6.45) is 1.48. The average molecular weight is 456 g/mol. The van der Waals surface area contributed by atoms with Crippen LogP contribution in [0.15, 0.2) is 44.4 Å². The van der Waals surface area contributed by atoms with Crippen LogP contribution in [0, 0.1) is 13.8 Å². The number of hydrogen-bond donors (Lipinski definition) is 2. The molecule has 2 aromatic carbocycles. The predicted octanol–water partition coefficient (Wildman–Crippen LogP) is 4.06. The van der Waals surface area contributed by atoms with E-state index in [1.807, 2.05) is 32.0 Å². The molecule has 0 aliphatic rings. The predicted molar refractivity (Wildman–Crippen MR) is 101 cm³/mol. The van der Waals surface area contributed by atoms with Gasteiger partial charge in [-0.2, -0.15) is 5.10 Å². The molecule has 2 rings (SSSR count). The third-order valence-electron chi connectivity index (χ3n) is 3.13. The summed E-state index contributed by atoms with van der Waals surface area (Å²) in [6, 6.07) is 9.13. The SMILES string of the molecule is Cc1ccc(OCC(=O)NN=Cc2cc(Br)c(O)c(Br)c2)c(C)c1. The van der Waals surface area contributed by atoms with Gasteiger partial charge in [0.25, 0.3) is 5.91 Å². The number of nitrogens with one attached hydrogen (secondary N) is 1. The van der Waals surface area contributed by atoms with E-state index in [9.17, 15) is 9.90 Å². The van der Waals surface area contributed by atoms with Crippen LogP contribution in [0.3, 0.4) is 0 Å². The number of halogens is 2. The average Bonchev–Trinajstić information content (AvgIpc) is 2.51. The molecule has 0 aliphatic heterocycles. The Kier molecular flexibility index (Phi) is 6.39. The zero-order valence-corrected chi connectivity index (χ0v) is 16.3. The number of nitrogens with zero attached hydrogens (tertiary/aromatic N) is 1. The van der Waals surface area contributed by atoms with Crippen LogP contribution >= 0.6 is 31.9 Å². The number of rotatable bonds is 5. The highest BCUT2D eigenvalue weighted by Gasteiger charge is 2.06. The van der Waals surface area contributed by atoms with E-state index in [4.69, 9.17) is 4.74 Å². The number of benzene rings is 2. The summed E-state index contributed by atoms with van der Waals surface area (Å²) in [5.41, 5.74) is 5.22. The maximum atomic E-state index is 11.8. The summed E-state index contributed by atoms with van der Waals surface area (Å²) < 4.78 is 6.54. The van der Waals surface area contributed by atoms with E-state index in [2.05, 4.69) is 42.4 Å². The van der Waals surface area contributed by atoms with Crippen molar-refractivity contribution in [1.29, 1.82) is 0 Å². The number of phenolic OH excluding ortho intramolecular Hbond substituents is 1. The second kappa shape index (κ2) is 8.30. The molecule has 7 heteroatoms. The van der Waals surface area contributed by atoms with Gasteiger partial charge in [0.2, 0.25) is 0 Å². The van der Waals surface area contributed by atoms with E-state index in [1.54, 1.807) is 12.1 Å². The second-order valence-electron chi connectivity index (χ2n) is 5.18. The van der Waals surface area contributed by atoms with Gasteiger partial charge in [-0.3, -0.25) is 4.79 Å². The first kappa shape index (κ1) is 18.5. The minimum Gasteiger partial charge on any atom is -0.506 e. The van der Waals surface area contributed by atoms with Crippen molar-refractivity contribution in [2.45, 2.75) is 13.8 Å². The lowest BCUT2D eigenvalue weighted by molar-refractivity contribution is -0.123. The first-order valence-electron chi connectivity index (χ1n) is 7.07. The van der Waals surface area contributed by atoms with E-state index in [0.29, 0.717) is 20.3 Å². The number of aryl methyl sites for hydroxylation is 2. The Balaban J connectivity index is 1.89. The van der Waals surface area contributed by atoms with E-state index in [-0.39, 0.29) is 18.3 Å². The third-order valence-corrected chi connectivity index (χ3v) is 4.34. The molecule has 1 amide bonds. The number of amides is 1. The molecule has 0 fully saturated rings. The van der Waals surface area contributed by atoms with Gasteiger partial charge >= 0.3 is 0 Å². The molecule has 0 radical (unpaired) electrons. The van der Waals surface area contributed by atoms with Crippen LogP contribution in [0.4, 0.5) is 0 Å². The van der Waals surface area contributed by atoms with Crippen molar-refractivity contribution in [3.63, 3.8) is 0 Å². The first-order valence-corrected chi connectivity index (χ1v) is 8.65. The van der Waals surface area contributed by atoms with Crippen molar-refractivity contribution in [3.05, 3.63) is 56.0 Å². The topological polar surface area (TPSA) is 70.9 Å². The van der Waals surface area contributed by atoms with E-state index in [0.717, 1.165) is 11.1 Å². The summed E-state index contributed by atoms with van der Waals surface area (Å²) >= 11 is 6.46. The Hall–Kier alpha value is -1.86. The van der Waals surface area contributed by atoms with Gasteiger partial charge in [0, 0.05) is 0 Å². The molecule has 5 nitrogen and oxygen atoms in total. The minimum absolute atomic E-state index is 0.109. The van der Waals surface area contributed by atoms with E-state index >= 15 is 0 Å². The fourth-order valence-corrected chi connectivity index (χ4v) is 3.20. The highest BCUT2D eigenvalue weighted by atomic mass is 79.9. The summed E-state index contributed by atoms with van der Waals surface area (Å²) in [5.74, 6) is 0.423. The zero-order valence-electron chi connectivity index (χ0n) is 13.1. The summed E-state index contributed by atoms with van der Waals surface area (Å²) in [4.78, 5) is 11.8. The van der Waals surface area contributed by atoms with Crippen LogP contribution < -0.4 is 10.2 Å². The van der Waals surface area contributed by atoms with Crippen molar-refractivity contribution in [2.24, 2.45) is 5.10 Å². The molecule has 126 valence electrons. The molecule has 0 heterocycles. The Morgan fingerprint density at radius 3 is 2.54 bits per heavy atom. The minimum atomic E-state index is -0.358. The van der Waals surface area contributed by atoms with Crippen LogP contribution in [0.25, 0.3) is 0 Å². The lowest BCUT2D eigenvalue weighted by atomic mass is 10.1. The fourth-order valence-electron chi connectivity index (χ4n) is 1.98. The number of aromatic hydroxyl groups is 1. The van der Waals surface area contributed by atoms with E-state index in [1.165, 1.54) is 6.21 Å². The largest absolute Gasteiger partial charge is 0.506 e. The van der Waals surface area contributed by atoms with E-state index < -0.39 is 0 Å². The zero-order chi connectivity index (χ0) is 17.7. The number of hydrazone groups is 1. The molecule has 0 atom stereocenters. The standard InChI is InChI=1S/C17H16Br2N2O3/c1-10-3-4-15(11(2)5-10)24-9-16(22)21-20-8-12-6-13(18)17(23)14(19)7-12/h3-8,23H,9H2,1-2H3,(H,21,22). The number of carbonyl (C=O) groups excluding carboxylic acids is 1. The van der Waals surface area contributed by atoms with Gasteiger partial charge in [-0.1, -0.05) is 17.7 Å². The molecule has 0 saturated carbocycles. The van der Waals surface area contributed by atoms with Crippen molar-refractivity contribution >= 4 is 44.0 Å². The maximum Gasteiger partial charge on any atom is 0.277 e. The monoisotopic (exact) mass is 454 g/mol. The van der Waals surface area contributed by atoms with Gasteiger partial charge in [-0.05, 0) is 75.0 Å². The van der Waals surface area contributed by atoms with Crippen LogP contribution in [-0.4, -0.2) is 23.8 Å². The molecular weight excluding hydrogens is 440 g/mol. The smallest absolute Gasteiger partial charge is 0.277 e. The van der Waals surface area contributed by atoms with Crippen molar-refractivity contribution < 1.29 is 14.6 Å². The first-order chi connectivity index (χ1) is 11.4. The number of hydrogen-bond acceptors (Lipinski definition) is 4. The highest BCUT2D eigenvalue weighted by Crippen LogP contribution is 2.32. The number of ether oxygens (including phenoxy) is 1. The molecule has 0 spiro atoms. The van der Waals surface area contributed by atoms with Crippen molar-refractivity contribution in [2.75, 3.05) is 6.61 Å². The molecule has 0 saturated heterocycles. The Bertz CT molecular complexity index is 768. The lowest BCUT2D eigenvalue weighted by Crippen LogP contribution is -2.24. The molecule has 0 bridgehead atoms. The molecule has 0 unspecified atom stereocenters. The van der Waals surface area contributed by atoms with Crippen LogP contribution in [0.1, 0.15) is 16.7 Å². The summed E-state index contributed by atoms with van der Waals surface area (Å²) in [6.45, 7) is 3.81. The second-order valence-corrected chi connectivity index (χ2v) is 6.89. The third kappa shape index (κ3) is 5.07. The van der Waals surface area contributed by atoms with Crippen LogP contribution in [-0.2, 0) is 4.79 Å². The van der Waals surface area contributed by atoms with Crippen molar-refractivity contribution in [3.8, 4) is 11.5 Å². The lowest BCUT2D eigenvalue weighted by Gasteiger charge is -2.08. The number of carbonyl (C=O) groups is 1. The summed E-state index contributed by atoms with van der Waals surface area (Å²) in [7, 11) is 0. The summed E-state index contributed by atoms with van der Waals surface area (Å²) in [5, 5.41) is 13.5. The Labute approximate surface area is 157 Å². The molecule has 2 aromatic rings. The Morgan fingerprint density at radius 1 is 1.25 bits per heavy atom. The molecular formula is C17H16Br2N2O3. The van der Waals surface area contributed by atoms with Gasteiger partial charge in [-0.15, -0.1) is 0 Å². The van der Waals surface area contributed by atoms with Gasteiger partial charge in [0.05, 0.1) is 15.2 Å². The Morgan fingerprint density at radius 2 is 1.92 bits per heavy atom. The molecule has 0 aromatic heterocycles. The highest BCUT2D eigenvalue weighted by molar-refractivity contribution is 9.11. The maximum absolute atomic E-state index is 11.8. The normalized spacial score (nSPS) is 10.8. The van der Waals surface area contributed by atoms with Gasteiger partial charge < -0.3 is 9.84 Å². The molecule has 0 aliphatic carbocycles.